The molecule has 0 saturated heterocycles. The lowest BCUT2D eigenvalue weighted by Gasteiger charge is -2.06. The molecule has 0 spiro atoms. The van der Waals surface area contributed by atoms with Crippen molar-refractivity contribution < 1.29 is 4.79 Å². The zero-order chi connectivity index (χ0) is 14.2. The van der Waals surface area contributed by atoms with E-state index in [9.17, 15) is 4.79 Å². The first-order valence-corrected chi connectivity index (χ1v) is 6.72. The van der Waals surface area contributed by atoms with Crippen LogP contribution in [0.5, 0.6) is 0 Å². The van der Waals surface area contributed by atoms with E-state index in [4.69, 9.17) is 0 Å². The van der Waals surface area contributed by atoms with Gasteiger partial charge in [-0.1, -0.05) is 31.5 Å². The van der Waals surface area contributed by atoms with Crippen LogP contribution in [0.1, 0.15) is 30.3 Å². The number of carbonyl (C=O) groups is 1. The van der Waals surface area contributed by atoms with Crippen molar-refractivity contribution in [2.24, 2.45) is 0 Å². The number of para-hydroxylation sites is 1. The Hall–Kier alpha value is -2.43. The van der Waals surface area contributed by atoms with Gasteiger partial charge in [0.1, 0.15) is 11.5 Å². The summed E-state index contributed by atoms with van der Waals surface area (Å²) >= 11 is 0. The molecular weight excluding hydrogens is 252 g/mol. The van der Waals surface area contributed by atoms with Gasteiger partial charge in [-0.2, -0.15) is 0 Å². The van der Waals surface area contributed by atoms with Crippen molar-refractivity contribution >= 4 is 17.4 Å². The van der Waals surface area contributed by atoms with Crippen molar-refractivity contribution in [2.75, 3.05) is 17.2 Å². The van der Waals surface area contributed by atoms with Crippen LogP contribution in [0.4, 0.5) is 11.5 Å². The van der Waals surface area contributed by atoms with Gasteiger partial charge in [0.15, 0.2) is 0 Å². The quantitative estimate of drug-likeness (QED) is 0.792. The summed E-state index contributed by atoms with van der Waals surface area (Å²) in [5, 5.41) is 5.92. The molecule has 2 N–H and O–H groups in total. The van der Waals surface area contributed by atoms with Gasteiger partial charge in [-0.25, -0.2) is 9.97 Å². The van der Waals surface area contributed by atoms with E-state index in [1.54, 1.807) is 6.20 Å². The fourth-order valence-electron chi connectivity index (χ4n) is 1.65. The topological polar surface area (TPSA) is 66.9 Å². The first-order valence-electron chi connectivity index (χ1n) is 6.72. The van der Waals surface area contributed by atoms with Gasteiger partial charge in [-0.3, -0.25) is 4.79 Å². The van der Waals surface area contributed by atoms with Crippen LogP contribution in [0.2, 0.25) is 0 Å². The van der Waals surface area contributed by atoms with E-state index in [-0.39, 0.29) is 5.91 Å². The average Bonchev–Trinajstić information content (AvgIpc) is 2.49. The van der Waals surface area contributed by atoms with E-state index < -0.39 is 0 Å². The Labute approximate surface area is 118 Å². The summed E-state index contributed by atoms with van der Waals surface area (Å²) in [6.07, 6.45) is 5.26. The van der Waals surface area contributed by atoms with Crippen molar-refractivity contribution in [3.8, 4) is 0 Å². The molecule has 0 saturated carbocycles. The summed E-state index contributed by atoms with van der Waals surface area (Å²) in [6.45, 7) is 2.99. The third-order valence-corrected chi connectivity index (χ3v) is 2.75. The molecule has 0 aliphatic carbocycles. The van der Waals surface area contributed by atoms with Crippen molar-refractivity contribution in [1.29, 1.82) is 0 Å². The standard InChI is InChI=1S/C15H18N4O/c1-2-3-9-16-14-11-17-13(10-18-14)15(20)19-12-7-5-4-6-8-12/h4-8,10-11H,2-3,9H2,1H3,(H,16,18)(H,19,20). The molecule has 0 radical (unpaired) electrons. The molecular formula is C15H18N4O. The first-order chi connectivity index (χ1) is 9.79. The molecule has 1 heterocycles. The number of hydrogen-bond acceptors (Lipinski definition) is 4. The highest BCUT2D eigenvalue weighted by Crippen LogP contribution is 2.08. The minimum atomic E-state index is -0.260. The van der Waals surface area contributed by atoms with E-state index in [0.717, 1.165) is 25.1 Å². The maximum atomic E-state index is 12.0. The number of hydrogen-bond donors (Lipinski definition) is 2. The van der Waals surface area contributed by atoms with Crippen LogP contribution in [0.3, 0.4) is 0 Å². The van der Waals surface area contributed by atoms with Crippen LogP contribution in [0.15, 0.2) is 42.7 Å². The van der Waals surface area contributed by atoms with Crippen molar-refractivity contribution in [2.45, 2.75) is 19.8 Å². The lowest BCUT2D eigenvalue weighted by Crippen LogP contribution is -2.14. The summed E-state index contributed by atoms with van der Waals surface area (Å²) in [6, 6.07) is 9.27. The van der Waals surface area contributed by atoms with Crippen LogP contribution in [-0.2, 0) is 0 Å². The molecule has 20 heavy (non-hydrogen) atoms. The Balaban J connectivity index is 1.94. The highest BCUT2D eigenvalue weighted by molar-refractivity contribution is 6.02. The second-order valence-corrected chi connectivity index (χ2v) is 4.39. The Bertz CT molecular complexity index is 540. The number of aromatic nitrogens is 2. The van der Waals surface area contributed by atoms with E-state index >= 15 is 0 Å². The monoisotopic (exact) mass is 270 g/mol. The van der Waals surface area contributed by atoms with E-state index in [2.05, 4.69) is 27.5 Å². The summed E-state index contributed by atoms with van der Waals surface area (Å²) in [5.41, 5.74) is 1.04. The zero-order valence-corrected chi connectivity index (χ0v) is 11.5. The molecule has 2 aromatic rings. The minimum absolute atomic E-state index is 0.260. The number of nitrogens with one attached hydrogen (secondary N) is 2. The van der Waals surface area contributed by atoms with Crippen LogP contribution in [0.25, 0.3) is 0 Å². The Morgan fingerprint density at radius 3 is 2.60 bits per heavy atom. The Morgan fingerprint density at radius 1 is 1.15 bits per heavy atom. The van der Waals surface area contributed by atoms with Crippen LogP contribution < -0.4 is 10.6 Å². The number of unbranched alkanes of at least 4 members (excludes halogenated alkanes) is 1. The van der Waals surface area contributed by atoms with E-state index in [1.807, 2.05) is 30.3 Å². The third-order valence-electron chi connectivity index (χ3n) is 2.75. The van der Waals surface area contributed by atoms with Gasteiger partial charge in [0, 0.05) is 12.2 Å². The van der Waals surface area contributed by atoms with Gasteiger partial charge in [0.25, 0.3) is 5.91 Å². The van der Waals surface area contributed by atoms with Gasteiger partial charge in [0.2, 0.25) is 0 Å². The lowest BCUT2D eigenvalue weighted by atomic mass is 10.3. The fraction of sp³-hybridized carbons (Fsp3) is 0.267. The van der Waals surface area contributed by atoms with Gasteiger partial charge < -0.3 is 10.6 Å². The zero-order valence-electron chi connectivity index (χ0n) is 11.5. The molecule has 0 aliphatic heterocycles. The fourth-order valence-corrected chi connectivity index (χ4v) is 1.65. The highest BCUT2D eigenvalue weighted by Gasteiger charge is 2.08. The smallest absolute Gasteiger partial charge is 0.275 e. The molecule has 5 nitrogen and oxygen atoms in total. The number of nitrogens with zero attached hydrogens (tertiary/aromatic N) is 2. The highest BCUT2D eigenvalue weighted by atomic mass is 16.1. The Morgan fingerprint density at radius 2 is 1.95 bits per heavy atom. The molecule has 2 rings (SSSR count). The normalized spacial score (nSPS) is 10.1. The lowest BCUT2D eigenvalue weighted by molar-refractivity contribution is 0.102. The van der Waals surface area contributed by atoms with E-state index in [0.29, 0.717) is 11.5 Å². The van der Waals surface area contributed by atoms with Crippen LogP contribution in [0, 0.1) is 0 Å². The maximum Gasteiger partial charge on any atom is 0.275 e. The second-order valence-electron chi connectivity index (χ2n) is 4.39. The van der Waals surface area contributed by atoms with Gasteiger partial charge in [0.05, 0.1) is 12.4 Å². The minimum Gasteiger partial charge on any atom is -0.369 e. The molecule has 0 atom stereocenters. The molecule has 0 fully saturated rings. The molecule has 0 unspecified atom stereocenters. The van der Waals surface area contributed by atoms with Crippen molar-refractivity contribution in [3.05, 3.63) is 48.4 Å². The number of benzene rings is 1. The summed E-state index contributed by atoms with van der Waals surface area (Å²) in [5.74, 6) is 0.429. The second kappa shape index (κ2) is 7.23. The maximum absolute atomic E-state index is 12.0. The van der Waals surface area contributed by atoms with Crippen LogP contribution >= 0.6 is 0 Å². The molecule has 1 amide bonds. The molecule has 104 valence electrons. The number of amides is 1. The summed E-state index contributed by atoms with van der Waals surface area (Å²) < 4.78 is 0. The predicted molar refractivity (Wildman–Crippen MR) is 79.8 cm³/mol. The summed E-state index contributed by atoms with van der Waals surface area (Å²) in [4.78, 5) is 20.2. The average molecular weight is 270 g/mol. The molecule has 5 heteroatoms. The van der Waals surface area contributed by atoms with Crippen molar-refractivity contribution in [3.63, 3.8) is 0 Å². The molecule has 0 bridgehead atoms. The number of rotatable bonds is 6. The van der Waals surface area contributed by atoms with Gasteiger partial charge in [-0.05, 0) is 18.6 Å². The molecule has 1 aromatic carbocycles. The third kappa shape index (κ3) is 4.05. The first kappa shape index (κ1) is 14.0. The van der Waals surface area contributed by atoms with Gasteiger partial charge >= 0.3 is 0 Å². The van der Waals surface area contributed by atoms with Gasteiger partial charge in [-0.15, -0.1) is 0 Å². The van der Waals surface area contributed by atoms with Crippen molar-refractivity contribution in [1.82, 2.24) is 9.97 Å². The molecule has 1 aromatic heterocycles. The van der Waals surface area contributed by atoms with Crippen LogP contribution in [-0.4, -0.2) is 22.4 Å². The molecule has 0 aliphatic rings. The Kier molecular flexibility index (Phi) is 5.06. The number of carbonyl (C=O) groups excluding carboxylic acids is 1. The largest absolute Gasteiger partial charge is 0.369 e. The summed E-state index contributed by atoms with van der Waals surface area (Å²) in [7, 11) is 0. The predicted octanol–water partition coefficient (Wildman–Crippen LogP) is 2.94. The SMILES string of the molecule is CCCCNc1cnc(C(=O)Nc2ccccc2)cn1. The van der Waals surface area contributed by atoms with E-state index in [1.165, 1.54) is 6.20 Å². The number of anilines is 2.